The van der Waals surface area contributed by atoms with Gasteiger partial charge < -0.3 is 20.1 Å². The van der Waals surface area contributed by atoms with E-state index < -0.39 is 0 Å². The highest BCUT2D eigenvalue weighted by atomic mass is 16.5. The van der Waals surface area contributed by atoms with Gasteiger partial charge in [-0.3, -0.25) is 9.59 Å². The van der Waals surface area contributed by atoms with Crippen LogP contribution in [0.4, 0.5) is 5.69 Å². The van der Waals surface area contributed by atoms with E-state index in [1.165, 1.54) is 6.92 Å². The van der Waals surface area contributed by atoms with Gasteiger partial charge in [0.05, 0.1) is 19.1 Å². The smallest absolute Gasteiger partial charge is 0.226 e. The number of benzene rings is 2. The van der Waals surface area contributed by atoms with Crippen LogP contribution < -0.4 is 15.4 Å². The lowest BCUT2D eigenvalue weighted by atomic mass is 10.0. The van der Waals surface area contributed by atoms with Crippen LogP contribution in [0.2, 0.25) is 0 Å². The first-order valence-corrected chi connectivity index (χ1v) is 8.42. The fraction of sp³-hybridized carbons (Fsp3) is 0.300. The summed E-state index contributed by atoms with van der Waals surface area (Å²) in [6.07, 6.45) is 0.137. The van der Waals surface area contributed by atoms with Crippen LogP contribution in [-0.4, -0.2) is 32.1 Å². The van der Waals surface area contributed by atoms with Crippen LogP contribution in [0.1, 0.15) is 24.9 Å². The van der Waals surface area contributed by atoms with Crippen LogP contribution >= 0.6 is 0 Å². The second-order valence-corrected chi connectivity index (χ2v) is 5.79. The maximum atomic E-state index is 12.4. The third-order valence-corrected chi connectivity index (χ3v) is 3.64. The van der Waals surface area contributed by atoms with Gasteiger partial charge in [-0.1, -0.05) is 36.4 Å². The van der Waals surface area contributed by atoms with Gasteiger partial charge in [-0.05, 0) is 17.7 Å². The molecule has 1 atom stereocenters. The summed E-state index contributed by atoms with van der Waals surface area (Å²) in [6, 6.07) is 16.2. The normalized spacial score (nSPS) is 11.5. The molecule has 6 heteroatoms. The molecule has 0 bridgehead atoms. The Morgan fingerprint density at radius 1 is 1.04 bits per heavy atom. The molecular weight excluding hydrogens is 332 g/mol. The molecule has 0 aliphatic rings. The molecule has 0 heterocycles. The third-order valence-electron chi connectivity index (χ3n) is 3.64. The first kappa shape index (κ1) is 19.5. The van der Waals surface area contributed by atoms with E-state index in [9.17, 15) is 9.59 Å². The highest BCUT2D eigenvalue weighted by Gasteiger charge is 2.17. The van der Waals surface area contributed by atoms with Crippen molar-refractivity contribution in [1.82, 2.24) is 5.32 Å². The van der Waals surface area contributed by atoms with Gasteiger partial charge in [-0.15, -0.1) is 0 Å². The van der Waals surface area contributed by atoms with E-state index in [1.807, 2.05) is 36.4 Å². The van der Waals surface area contributed by atoms with E-state index in [0.29, 0.717) is 24.7 Å². The first-order chi connectivity index (χ1) is 12.6. The van der Waals surface area contributed by atoms with Crippen LogP contribution in [0.3, 0.4) is 0 Å². The molecule has 0 spiro atoms. The number of rotatable bonds is 9. The van der Waals surface area contributed by atoms with Crippen molar-refractivity contribution in [2.75, 3.05) is 25.6 Å². The Balaban J connectivity index is 1.99. The lowest BCUT2D eigenvalue weighted by Crippen LogP contribution is -2.29. The average molecular weight is 356 g/mol. The Hall–Kier alpha value is -2.86. The zero-order valence-corrected chi connectivity index (χ0v) is 15.0. The van der Waals surface area contributed by atoms with E-state index in [1.54, 1.807) is 25.3 Å². The minimum absolute atomic E-state index is 0.137. The molecule has 1 unspecified atom stereocenters. The zero-order chi connectivity index (χ0) is 18.8. The Morgan fingerprint density at radius 2 is 1.81 bits per heavy atom. The summed E-state index contributed by atoms with van der Waals surface area (Å²) in [5, 5.41) is 5.66. The van der Waals surface area contributed by atoms with Crippen molar-refractivity contribution < 1.29 is 19.1 Å². The number of hydrogen-bond donors (Lipinski definition) is 2. The van der Waals surface area contributed by atoms with Gasteiger partial charge in [0, 0.05) is 25.8 Å². The van der Waals surface area contributed by atoms with Crippen LogP contribution in [0.25, 0.3) is 0 Å². The fourth-order valence-electron chi connectivity index (χ4n) is 2.49. The molecule has 0 saturated carbocycles. The van der Waals surface area contributed by atoms with Crippen LogP contribution in [-0.2, 0) is 14.3 Å². The number of anilines is 1. The second-order valence-electron chi connectivity index (χ2n) is 5.79. The third kappa shape index (κ3) is 6.57. The van der Waals surface area contributed by atoms with Crippen molar-refractivity contribution in [3.8, 4) is 5.75 Å². The molecular formula is C20H24N2O4. The zero-order valence-electron chi connectivity index (χ0n) is 15.0. The monoisotopic (exact) mass is 356 g/mol. The van der Waals surface area contributed by atoms with E-state index >= 15 is 0 Å². The SMILES string of the molecule is COCCOc1cccc(NC(=O)CC(NC(C)=O)c2ccccc2)c1. The van der Waals surface area contributed by atoms with Gasteiger partial charge in [0.15, 0.2) is 0 Å². The number of ether oxygens (including phenoxy) is 2. The number of hydrogen-bond acceptors (Lipinski definition) is 4. The first-order valence-electron chi connectivity index (χ1n) is 8.42. The van der Waals surface area contributed by atoms with Crippen LogP contribution in [0, 0.1) is 0 Å². The molecule has 6 nitrogen and oxygen atoms in total. The van der Waals surface area contributed by atoms with Gasteiger partial charge in [0.1, 0.15) is 12.4 Å². The summed E-state index contributed by atoms with van der Waals surface area (Å²) in [5.74, 6) is 0.281. The average Bonchev–Trinajstić information content (AvgIpc) is 2.62. The lowest BCUT2D eigenvalue weighted by Gasteiger charge is -2.18. The molecule has 2 aromatic carbocycles. The molecule has 2 aromatic rings. The molecule has 0 fully saturated rings. The molecule has 2 amide bonds. The molecule has 0 aliphatic heterocycles. The Bertz CT molecular complexity index is 719. The molecule has 2 N–H and O–H groups in total. The van der Waals surface area contributed by atoms with Crippen LogP contribution in [0.15, 0.2) is 54.6 Å². The summed E-state index contributed by atoms with van der Waals surface area (Å²) in [4.78, 5) is 23.9. The maximum absolute atomic E-state index is 12.4. The number of carbonyl (C=O) groups is 2. The Kier molecular flexibility index (Phi) is 7.64. The van der Waals surface area contributed by atoms with E-state index in [0.717, 1.165) is 5.56 Å². The standard InChI is InChI=1S/C20H24N2O4/c1-15(23)21-19(16-7-4-3-5-8-16)14-20(24)22-17-9-6-10-18(13-17)26-12-11-25-2/h3-10,13,19H,11-12,14H2,1-2H3,(H,21,23)(H,22,24). The highest BCUT2D eigenvalue weighted by Crippen LogP contribution is 2.20. The lowest BCUT2D eigenvalue weighted by molar-refractivity contribution is -0.120. The fourth-order valence-corrected chi connectivity index (χ4v) is 2.49. The molecule has 0 radical (unpaired) electrons. The van der Waals surface area contributed by atoms with Gasteiger partial charge >= 0.3 is 0 Å². The van der Waals surface area contributed by atoms with E-state index in [-0.39, 0.29) is 24.3 Å². The predicted octanol–water partition coefficient (Wildman–Crippen LogP) is 2.92. The van der Waals surface area contributed by atoms with Gasteiger partial charge in [-0.2, -0.15) is 0 Å². The van der Waals surface area contributed by atoms with Gasteiger partial charge in [0.25, 0.3) is 0 Å². The minimum atomic E-state index is -0.380. The molecule has 138 valence electrons. The van der Waals surface area contributed by atoms with E-state index in [2.05, 4.69) is 10.6 Å². The maximum Gasteiger partial charge on any atom is 0.226 e. The Morgan fingerprint density at radius 3 is 2.50 bits per heavy atom. The molecule has 0 saturated heterocycles. The Labute approximate surface area is 153 Å². The molecule has 0 aliphatic carbocycles. The number of methoxy groups -OCH3 is 1. The minimum Gasteiger partial charge on any atom is -0.491 e. The highest BCUT2D eigenvalue weighted by molar-refractivity contribution is 5.91. The molecule has 2 rings (SSSR count). The summed E-state index contributed by atoms with van der Waals surface area (Å²) < 4.78 is 10.5. The summed E-state index contributed by atoms with van der Waals surface area (Å²) in [7, 11) is 1.61. The topological polar surface area (TPSA) is 76.7 Å². The quantitative estimate of drug-likeness (QED) is 0.677. The largest absolute Gasteiger partial charge is 0.491 e. The van der Waals surface area contributed by atoms with Crippen molar-refractivity contribution in [2.45, 2.75) is 19.4 Å². The van der Waals surface area contributed by atoms with Crippen molar-refractivity contribution in [3.63, 3.8) is 0 Å². The number of nitrogens with one attached hydrogen (secondary N) is 2. The van der Waals surface area contributed by atoms with Gasteiger partial charge in [0.2, 0.25) is 11.8 Å². The second kappa shape index (κ2) is 10.2. The number of carbonyl (C=O) groups excluding carboxylic acids is 2. The number of amides is 2. The van der Waals surface area contributed by atoms with Crippen molar-refractivity contribution in [2.24, 2.45) is 0 Å². The van der Waals surface area contributed by atoms with E-state index in [4.69, 9.17) is 9.47 Å². The van der Waals surface area contributed by atoms with Gasteiger partial charge in [-0.25, -0.2) is 0 Å². The van der Waals surface area contributed by atoms with Crippen LogP contribution in [0.5, 0.6) is 5.75 Å². The molecule has 26 heavy (non-hydrogen) atoms. The molecule has 0 aromatic heterocycles. The van der Waals surface area contributed by atoms with Crippen molar-refractivity contribution in [1.29, 1.82) is 0 Å². The van der Waals surface area contributed by atoms with Crippen molar-refractivity contribution >= 4 is 17.5 Å². The van der Waals surface area contributed by atoms with Crippen molar-refractivity contribution in [3.05, 3.63) is 60.2 Å². The summed E-state index contributed by atoms with van der Waals surface area (Å²) in [6.45, 7) is 2.37. The summed E-state index contributed by atoms with van der Waals surface area (Å²) in [5.41, 5.74) is 1.52. The summed E-state index contributed by atoms with van der Waals surface area (Å²) >= 11 is 0. The predicted molar refractivity (Wildman–Crippen MR) is 100 cm³/mol.